The Labute approximate surface area is 228 Å². The number of carbonyl (C=O) groups is 2. The Kier molecular flexibility index (Phi) is 8.26. The third-order valence-electron chi connectivity index (χ3n) is 6.42. The second-order valence-corrected chi connectivity index (χ2v) is 9.22. The van der Waals surface area contributed by atoms with Gasteiger partial charge in [-0.15, -0.1) is 5.10 Å². The fourth-order valence-corrected chi connectivity index (χ4v) is 4.29. The number of aromatic nitrogens is 4. The van der Waals surface area contributed by atoms with E-state index in [2.05, 4.69) is 20.5 Å². The summed E-state index contributed by atoms with van der Waals surface area (Å²) in [6, 6.07) is 7.88. The van der Waals surface area contributed by atoms with Crippen LogP contribution in [0, 0.1) is 5.82 Å². The predicted molar refractivity (Wildman–Crippen MR) is 137 cm³/mol. The fourth-order valence-electron chi connectivity index (χ4n) is 4.29. The van der Waals surface area contributed by atoms with Gasteiger partial charge in [0.05, 0.1) is 43.7 Å². The molecule has 0 radical (unpaired) electrons. The number of hydrogen-bond donors (Lipinski definition) is 1. The van der Waals surface area contributed by atoms with Crippen molar-refractivity contribution in [2.75, 3.05) is 31.8 Å². The number of halogens is 1. The molecule has 5 rings (SSSR count). The Bertz CT molecular complexity index is 1370. The van der Waals surface area contributed by atoms with Gasteiger partial charge in [0.25, 0.3) is 0 Å². The Balaban J connectivity index is 1.17. The van der Waals surface area contributed by atoms with Gasteiger partial charge in [-0.25, -0.2) is 13.9 Å². The minimum Gasteiger partial charge on any atom is -0.463 e. The first-order valence-electron chi connectivity index (χ1n) is 12.5. The van der Waals surface area contributed by atoms with Crippen LogP contribution in [-0.2, 0) is 30.4 Å². The quantitative estimate of drug-likeness (QED) is 0.348. The molecule has 1 aromatic carbocycles. The predicted octanol–water partition coefficient (Wildman–Crippen LogP) is 1.94. The van der Waals surface area contributed by atoms with Gasteiger partial charge < -0.3 is 24.2 Å². The van der Waals surface area contributed by atoms with E-state index in [1.807, 2.05) is 0 Å². The number of hydrogen-bond acceptors (Lipinski definition) is 11. The number of carbonyl (C=O) groups excluding carboxylic acids is 2. The van der Waals surface area contributed by atoms with E-state index in [0.717, 1.165) is 0 Å². The summed E-state index contributed by atoms with van der Waals surface area (Å²) in [4.78, 5) is 35.0. The molecule has 210 valence electrons. The van der Waals surface area contributed by atoms with Crippen LogP contribution in [-0.4, -0.2) is 88.0 Å². The average Bonchev–Trinajstić information content (AvgIpc) is 3.73. The second-order valence-electron chi connectivity index (χ2n) is 9.22. The molecule has 14 heteroatoms. The highest BCUT2D eigenvalue weighted by molar-refractivity contribution is 5.99. The van der Waals surface area contributed by atoms with Gasteiger partial charge in [-0.2, -0.15) is 0 Å². The van der Waals surface area contributed by atoms with Crippen LogP contribution in [0.5, 0.6) is 0 Å². The Morgan fingerprint density at radius 3 is 2.90 bits per heavy atom. The third-order valence-corrected chi connectivity index (χ3v) is 6.42. The number of ether oxygens (including phenoxy) is 3. The number of oxime groups is 1. The van der Waals surface area contributed by atoms with E-state index in [-0.39, 0.29) is 32.6 Å². The summed E-state index contributed by atoms with van der Waals surface area (Å²) in [6.07, 6.45) is 2.31. The van der Waals surface area contributed by atoms with Crippen molar-refractivity contribution in [2.24, 2.45) is 5.16 Å². The summed E-state index contributed by atoms with van der Waals surface area (Å²) in [5.74, 6) is -1.00. The average molecular weight is 555 g/mol. The molecule has 2 aliphatic heterocycles. The summed E-state index contributed by atoms with van der Waals surface area (Å²) in [5, 5.41) is 21.9. The molecule has 40 heavy (non-hydrogen) atoms. The molecule has 1 saturated heterocycles. The Hall–Kier alpha value is -4.43. The van der Waals surface area contributed by atoms with E-state index >= 15 is 4.39 Å². The van der Waals surface area contributed by atoms with Crippen LogP contribution in [0.15, 0.2) is 54.1 Å². The normalized spacial score (nSPS) is 19.2. The molecule has 1 fully saturated rings. The van der Waals surface area contributed by atoms with Crippen molar-refractivity contribution >= 4 is 23.5 Å². The van der Waals surface area contributed by atoms with E-state index in [1.54, 1.807) is 35.1 Å². The maximum absolute atomic E-state index is 15.1. The van der Waals surface area contributed by atoms with Crippen molar-refractivity contribution in [1.29, 1.82) is 0 Å². The highest BCUT2D eigenvalue weighted by Crippen LogP contribution is 2.29. The van der Waals surface area contributed by atoms with Crippen LogP contribution in [0.25, 0.3) is 11.1 Å². The maximum atomic E-state index is 15.1. The molecule has 3 atom stereocenters. The molecule has 2 aromatic heterocycles. The number of aliphatic hydroxyl groups excluding tert-OH is 1. The summed E-state index contributed by atoms with van der Waals surface area (Å²) in [6.45, 7) is 0.606. The van der Waals surface area contributed by atoms with Gasteiger partial charge >= 0.3 is 12.1 Å². The number of benzene rings is 1. The summed E-state index contributed by atoms with van der Waals surface area (Å²) in [5.41, 5.74) is 2.22. The van der Waals surface area contributed by atoms with Crippen LogP contribution >= 0.6 is 0 Å². The zero-order chi connectivity index (χ0) is 28.1. The van der Waals surface area contributed by atoms with E-state index in [9.17, 15) is 14.7 Å². The number of rotatable bonds is 11. The third kappa shape index (κ3) is 6.24. The van der Waals surface area contributed by atoms with Crippen molar-refractivity contribution < 1.29 is 38.1 Å². The van der Waals surface area contributed by atoms with Crippen LogP contribution in [0.1, 0.15) is 18.5 Å². The number of nitrogens with zero attached hydrogens (tertiary/aromatic N) is 6. The van der Waals surface area contributed by atoms with Gasteiger partial charge in [-0.1, -0.05) is 16.4 Å². The van der Waals surface area contributed by atoms with Crippen LogP contribution in [0.4, 0.5) is 14.9 Å². The molecule has 0 bridgehead atoms. The van der Waals surface area contributed by atoms with Crippen LogP contribution < -0.4 is 4.90 Å². The lowest BCUT2D eigenvalue weighted by Gasteiger charge is -2.16. The van der Waals surface area contributed by atoms with Crippen molar-refractivity contribution in [3.8, 4) is 11.1 Å². The van der Waals surface area contributed by atoms with Crippen LogP contribution in [0.3, 0.4) is 0 Å². The molecular weight excluding hydrogens is 527 g/mol. The molecule has 1 amide bonds. The lowest BCUT2D eigenvalue weighted by atomic mass is 10.0. The Morgan fingerprint density at radius 2 is 2.17 bits per heavy atom. The number of cyclic esters (lactones) is 1. The SMILES string of the molecule is COCCC(=O)OCC(O)[C@@H]1CC(c2ccc(-c3ccc(N4C[C@H](Cn5ccnn5)OC4=O)cc3F)cn2)=NO1. The minimum absolute atomic E-state index is 0.0895. The van der Waals surface area contributed by atoms with Gasteiger partial charge in [-0.05, 0) is 24.3 Å². The van der Waals surface area contributed by atoms with Crippen LogP contribution in [0.2, 0.25) is 0 Å². The van der Waals surface area contributed by atoms with E-state index in [4.69, 9.17) is 19.0 Å². The Morgan fingerprint density at radius 1 is 1.30 bits per heavy atom. The highest BCUT2D eigenvalue weighted by Gasteiger charge is 2.33. The molecule has 1 N–H and O–H groups in total. The lowest BCUT2D eigenvalue weighted by Crippen LogP contribution is -2.32. The van der Waals surface area contributed by atoms with Gasteiger partial charge in [0.1, 0.15) is 30.3 Å². The molecule has 13 nitrogen and oxygen atoms in total. The minimum atomic E-state index is -1.06. The van der Waals surface area contributed by atoms with Gasteiger partial charge in [0.2, 0.25) is 0 Å². The number of pyridine rings is 1. The van der Waals surface area contributed by atoms with Crippen molar-refractivity contribution in [3.05, 3.63) is 60.4 Å². The van der Waals surface area contributed by atoms with Crippen molar-refractivity contribution in [2.45, 2.75) is 37.7 Å². The topological polar surface area (TPSA) is 150 Å². The standard InChI is InChI=1S/C26H27FN6O7/c1-37-9-6-25(35)38-15-23(34)24-11-22(30-40-24)21-5-2-16(12-28-21)19-4-3-17(10-20(19)27)33-14-18(39-26(33)36)13-32-8-7-29-31-32/h2-5,7-8,10,12,18,23-24,34H,6,9,11,13-15H2,1H3/t18-,23?,24-/m0/s1. The monoisotopic (exact) mass is 554 g/mol. The first-order chi connectivity index (χ1) is 19.4. The van der Waals surface area contributed by atoms with E-state index in [1.165, 1.54) is 30.5 Å². The molecule has 0 aliphatic carbocycles. The lowest BCUT2D eigenvalue weighted by molar-refractivity contribution is -0.150. The first kappa shape index (κ1) is 27.1. The number of anilines is 1. The molecule has 0 saturated carbocycles. The van der Waals surface area contributed by atoms with Gasteiger partial charge in [-0.3, -0.25) is 14.7 Å². The smallest absolute Gasteiger partial charge is 0.414 e. The zero-order valence-corrected chi connectivity index (χ0v) is 21.6. The number of aliphatic hydroxyl groups is 1. The maximum Gasteiger partial charge on any atom is 0.414 e. The second kappa shape index (κ2) is 12.2. The largest absolute Gasteiger partial charge is 0.463 e. The van der Waals surface area contributed by atoms with Crippen molar-refractivity contribution in [3.63, 3.8) is 0 Å². The molecule has 1 unspecified atom stereocenters. The molecule has 0 spiro atoms. The van der Waals surface area contributed by atoms with Gasteiger partial charge in [0, 0.05) is 37.1 Å². The number of amides is 1. The molecular formula is C26H27FN6O7. The van der Waals surface area contributed by atoms with E-state index in [0.29, 0.717) is 34.8 Å². The number of methoxy groups -OCH3 is 1. The summed E-state index contributed by atoms with van der Waals surface area (Å²) >= 11 is 0. The summed E-state index contributed by atoms with van der Waals surface area (Å²) in [7, 11) is 1.48. The van der Waals surface area contributed by atoms with Gasteiger partial charge in [0.15, 0.2) is 6.10 Å². The first-order valence-corrected chi connectivity index (χ1v) is 12.5. The highest BCUT2D eigenvalue weighted by atomic mass is 19.1. The fraction of sp³-hybridized carbons (Fsp3) is 0.385. The summed E-state index contributed by atoms with van der Waals surface area (Å²) < 4.78 is 31.9. The molecule has 3 aromatic rings. The molecule has 2 aliphatic rings. The van der Waals surface area contributed by atoms with E-state index < -0.39 is 36.2 Å². The number of esters is 1. The van der Waals surface area contributed by atoms with Crippen molar-refractivity contribution in [1.82, 2.24) is 20.0 Å². The molecule has 4 heterocycles. The zero-order valence-electron chi connectivity index (χ0n) is 21.6.